The summed E-state index contributed by atoms with van der Waals surface area (Å²) in [7, 11) is 0. The highest BCUT2D eigenvalue weighted by atomic mass is 16.2. The van der Waals surface area contributed by atoms with E-state index in [2.05, 4.69) is 22.0 Å². The average molecular weight is 279 g/mol. The molecule has 0 aromatic heterocycles. The minimum atomic E-state index is 0.370. The van der Waals surface area contributed by atoms with Crippen molar-refractivity contribution in [3.05, 3.63) is 0 Å². The van der Waals surface area contributed by atoms with E-state index in [1.807, 2.05) is 0 Å². The van der Waals surface area contributed by atoms with Gasteiger partial charge >= 0.3 is 0 Å². The second-order valence-electron chi connectivity index (χ2n) is 6.81. The van der Waals surface area contributed by atoms with Crippen molar-refractivity contribution in [2.24, 2.45) is 0 Å². The summed E-state index contributed by atoms with van der Waals surface area (Å²) in [5.41, 5.74) is 0. The molecular formula is C16H29N3O. The van der Waals surface area contributed by atoms with Gasteiger partial charge in [0.05, 0.1) is 6.54 Å². The number of carbonyl (C=O) groups excluding carboxylic acids is 1. The number of hydrogen-bond donors (Lipinski definition) is 1. The number of amides is 1. The highest BCUT2D eigenvalue weighted by Crippen LogP contribution is 2.22. The molecule has 20 heavy (non-hydrogen) atoms. The molecule has 114 valence electrons. The molecule has 0 radical (unpaired) electrons. The third kappa shape index (κ3) is 3.17. The van der Waals surface area contributed by atoms with Crippen molar-refractivity contribution in [1.29, 1.82) is 0 Å². The van der Waals surface area contributed by atoms with Crippen molar-refractivity contribution in [2.75, 3.05) is 26.2 Å². The van der Waals surface area contributed by atoms with Crippen molar-refractivity contribution < 1.29 is 4.79 Å². The molecule has 3 saturated heterocycles. The predicted molar refractivity (Wildman–Crippen MR) is 80.6 cm³/mol. The first-order valence-corrected chi connectivity index (χ1v) is 8.54. The van der Waals surface area contributed by atoms with Crippen LogP contribution in [0.15, 0.2) is 0 Å². The Labute approximate surface area is 122 Å². The van der Waals surface area contributed by atoms with Crippen molar-refractivity contribution in [3.63, 3.8) is 0 Å². The summed E-state index contributed by atoms with van der Waals surface area (Å²) in [6.45, 7) is 5.99. The van der Waals surface area contributed by atoms with Gasteiger partial charge in [-0.1, -0.05) is 6.92 Å². The van der Waals surface area contributed by atoms with Crippen LogP contribution < -0.4 is 5.32 Å². The molecule has 1 N–H and O–H groups in total. The number of hydrogen-bond acceptors (Lipinski definition) is 3. The molecule has 0 spiro atoms. The van der Waals surface area contributed by atoms with Crippen LogP contribution in [0, 0.1) is 0 Å². The molecule has 3 aliphatic rings. The van der Waals surface area contributed by atoms with E-state index in [1.54, 1.807) is 0 Å². The molecule has 3 heterocycles. The maximum atomic E-state index is 12.6. The van der Waals surface area contributed by atoms with Crippen LogP contribution in [0.3, 0.4) is 0 Å². The van der Waals surface area contributed by atoms with Crippen molar-refractivity contribution >= 4 is 5.91 Å². The van der Waals surface area contributed by atoms with Gasteiger partial charge in [0.1, 0.15) is 0 Å². The van der Waals surface area contributed by atoms with E-state index < -0.39 is 0 Å². The number of rotatable bonds is 3. The van der Waals surface area contributed by atoms with E-state index in [0.29, 0.717) is 30.6 Å². The van der Waals surface area contributed by atoms with Crippen molar-refractivity contribution in [1.82, 2.24) is 15.1 Å². The Morgan fingerprint density at radius 2 is 1.95 bits per heavy atom. The van der Waals surface area contributed by atoms with Crippen LogP contribution in [0.2, 0.25) is 0 Å². The zero-order valence-electron chi connectivity index (χ0n) is 12.8. The number of piperidine rings is 1. The number of likely N-dealkylation sites (tertiary alicyclic amines) is 2. The summed E-state index contributed by atoms with van der Waals surface area (Å²) in [4.78, 5) is 17.2. The Morgan fingerprint density at radius 3 is 2.80 bits per heavy atom. The van der Waals surface area contributed by atoms with Gasteiger partial charge < -0.3 is 10.2 Å². The second-order valence-corrected chi connectivity index (χ2v) is 6.81. The number of fused-ring (bicyclic) bond motifs is 2. The van der Waals surface area contributed by atoms with Gasteiger partial charge in [0.2, 0.25) is 5.91 Å². The molecule has 4 nitrogen and oxygen atoms in total. The topological polar surface area (TPSA) is 35.6 Å². The first kappa shape index (κ1) is 14.3. The maximum Gasteiger partial charge on any atom is 0.236 e. The molecule has 0 aromatic carbocycles. The van der Waals surface area contributed by atoms with Crippen LogP contribution in [0.1, 0.15) is 51.9 Å². The fourth-order valence-corrected chi connectivity index (χ4v) is 4.19. The summed E-state index contributed by atoms with van der Waals surface area (Å²) in [5, 5.41) is 3.69. The lowest BCUT2D eigenvalue weighted by Gasteiger charge is -2.37. The molecule has 3 aliphatic heterocycles. The highest BCUT2D eigenvalue weighted by molar-refractivity contribution is 5.78. The third-order valence-electron chi connectivity index (χ3n) is 5.38. The first-order chi connectivity index (χ1) is 9.76. The van der Waals surface area contributed by atoms with Gasteiger partial charge in [-0.15, -0.1) is 0 Å². The van der Waals surface area contributed by atoms with E-state index in [9.17, 15) is 4.79 Å². The van der Waals surface area contributed by atoms with Gasteiger partial charge in [-0.3, -0.25) is 9.69 Å². The van der Waals surface area contributed by atoms with Gasteiger partial charge in [-0.25, -0.2) is 0 Å². The van der Waals surface area contributed by atoms with Crippen LogP contribution in [-0.4, -0.2) is 60.0 Å². The minimum Gasteiger partial charge on any atom is -0.339 e. The van der Waals surface area contributed by atoms with Crippen LogP contribution in [0.5, 0.6) is 0 Å². The van der Waals surface area contributed by atoms with Crippen LogP contribution in [0.4, 0.5) is 0 Å². The van der Waals surface area contributed by atoms with Gasteiger partial charge in [-0.05, 0) is 44.9 Å². The van der Waals surface area contributed by atoms with Gasteiger partial charge in [0.25, 0.3) is 0 Å². The molecule has 3 fully saturated rings. The van der Waals surface area contributed by atoms with Crippen LogP contribution in [0.25, 0.3) is 0 Å². The Kier molecular flexibility index (Phi) is 4.61. The lowest BCUT2D eigenvalue weighted by Crippen LogP contribution is -2.49. The molecule has 0 aromatic rings. The Hall–Kier alpha value is -0.610. The van der Waals surface area contributed by atoms with E-state index in [-0.39, 0.29) is 0 Å². The van der Waals surface area contributed by atoms with E-state index in [0.717, 1.165) is 26.1 Å². The summed E-state index contributed by atoms with van der Waals surface area (Å²) < 4.78 is 0. The average Bonchev–Trinajstić information content (AvgIpc) is 2.81. The summed E-state index contributed by atoms with van der Waals surface area (Å²) in [6.07, 6.45) is 8.62. The van der Waals surface area contributed by atoms with Crippen LogP contribution in [-0.2, 0) is 4.79 Å². The Morgan fingerprint density at radius 1 is 1.10 bits per heavy atom. The summed E-state index contributed by atoms with van der Waals surface area (Å²) >= 11 is 0. The van der Waals surface area contributed by atoms with E-state index >= 15 is 0 Å². The predicted octanol–water partition coefficient (Wildman–Crippen LogP) is 1.60. The molecule has 2 bridgehead atoms. The van der Waals surface area contributed by atoms with Crippen molar-refractivity contribution in [2.45, 2.75) is 70.0 Å². The summed E-state index contributed by atoms with van der Waals surface area (Å²) in [6, 6.07) is 1.83. The SMILES string of the molecule is CCC1CCCCN1C(=O)CN1CCC2CCC(C1)N2. The Bertz CT molecular complexity index is 347. The number of carbonyl (C=O) groups is 1. The van der Waals surface area contributed by atoms with Crippen LogP contribution >= 0.6 is 0 Å². The first-order valence-electron chi connectivity index (χ1n) is 8.54. The number of nitrogens with one attached hydrogen (secondary N) is 1. The molecule has 0 aliphatic carbocycles. The zero-order valence-corrected chi connectivity index (χ0v) is 12.8. The van der Waals surface area contributed by atoms with E-state index in [1.165, 1.54) is 38.5 Å². The lowest BCUT2D eigenvalue weighted by atomic mass is 10.00. The Balaban J connectivity index is 1.55. The van der Waals surface area contributed by atoms with Crippen molar-refractivity contribution in [3.8, 4) is 0 Å². The fourth-order valence-electron chi connectivity index (χ4n) is 4.19. The largest absolute Gasteiger partial charge is 0.339 e. The van der Waals surface area contributed by atoms with Gasteiger partial charge in [-0.2, -0.15) is 0 Å². The highest BCUT2D eigenvalue weighted by Gasteiger charge is 2.31. The molecule has 4 heteroatoms. The van der Waals surface area contributed by atoms with Gasteiger partial charge in [0.15, 0.2) is 0 Å². The third-order valence-corrected chi connectivity index (χ3v) is 5.38. The molecular weight excluding hydrogens is 250 g/mol. The minimum absolute atomic E-state index is 0.370. The second kappa shape index (κ2) is 6.44. The quantitative estimate of drug-likeness (QED) is 0.852. The smallest absolute Gasteiger partial charge is 0.236 e. The van der Waals surface area contributed by atoms with E-state index in [4.69, 9.17) is 0 Å². The molecule has 0 saturated carbocycles. The normalized spacial score (nSPS) is 35.0. The standard InChI is InChI=1S/C16H29N3O/c1-2-15-5-3-4-9-19(15)16(20)12-18-10-8-13-6-7-14(11-18)17-13/h13-15,17H,2-12H2,1H3. The lowest BCUT2D eigenvalue weighted by molar-refractivity contribution is -0.136. The molecule has 3 unspecified atom stereocenters. The molecule has 3 atom stereocenters. The molecule has 1 amide bonds. The molecule has 3 rings (SSSR count). The zero-order chi connectivity index (χ0) is 13.9. The summed E-state index contributed by atoms with van der Waals surface area (Å²) in [5.74, 6) is 0.370. The number of nitrogens with zero attached hydrogens (tertiary/aromatic N) is 2. The van der Waals surface area contributed by atoms with Gasteiger partial charge in [0, 0.05) is 37.8 Å². The fraction of sp³-hybridized carbons (Fsp3) is 0.938. The monoisotopic (exact) mass is 279 g/mol. The maximum absolute atomic E-state index is 12.6.